The summed E-state index contributed by atoms with van der Waals surface area (Å²) in [5.74, 6) is 0. The van der Waals surface area contributed by atoms with Crippen LogP contribution in [-0.4, -0.2) is 16.0 Å². The van der Waals surface area contributed by atoms with Crippen LogP contribution < -0.4 is 0 Å². The molecule has 0 aromatic carbocycles. The Hall–Kier alpha value is 0.0800. The molecule has 0 rings (SSSR count). The number of hydrogen-bond acceptors (Lipinski definition) is 1. The molecule has 1 unspecified atom stereocenters. The predicted octanol–water partition coefficient (Wildman–Crippen LogP) is 2.63. The van der Waals surface area contributed by atoms with Crippen molar-refractivity contribution in [2.45, 2.75) is 16.0 Å². The molecule has 0 radical (unpaired) electrons. The normalized spacial score (nSPS) is 18.6. The molecular formula is C3BrF6OS+. The van der Waals surface area contributed by atoms with Gasteiger partial charge in [-0.3, -0.25) is 0 Å². The van der Waals surface area contributed by atoms with Crippen LogP contribution in [0.25, 0.3) is 0 Å². The molecule has 0 aliphatic heterocycles. The highest BCUT2D eigenvalue weighted by molar-refractivity contribution is 9.10. The van der Waals surface area contributed by atoms with Crippen LogP contribution in [0.15, 0.2) is 0 Å². The molecule has 0 fully saturated rings. The standard InChI is InChI=1S/C3BrF6OS/c4-1(5,2(6,7)8)3(9,10)12-11/q+1. The first-order chi connectivity index (χ1) is 5.06. The van der Waals surface area contributed by atoms with Gasteiger partial charge in [-0.15, -0.1) is 8.78 Å². The van der Waals surface area contributed by atoms with Crippen LogP contribution in [0, 0.1) is 0 Å². The first-order valence-electron chi connectivity index (χ1n) is 2.19. The zero-order valence-electron chi connectivity index (χ0n) is 4.96. The third kappa shape index (κ3) is 1.87. The topological polar surface area (TPSA) is 17.1 Å². The highest BCUT2D eigenvalue weighted by Crippen LogP contribution is 2.49. The molecular weight excluding hydrogens is 278 g/mol. The van der Waals surface area contributed by atoms with E-state index in [1.54, 1.807) is 0 Å². The van der Waals surface area contributed by atoms with Gasteiger partial charge in [-0.2, -0.15) is 13.2 Å². The Bertz CT molecular complexity index is 188. The SMILES string of the molecule is O=[S+]C(F)(F)C(F)(Br)C(F)(F)F. The van der Waals surface area contributed by atoms with Gasteiger partial charge in [0.15, 0.2) is 0 Å². The molecule has 0 aliphatic rings. The Labute approximate surface area is 74.7 Å². The minimum absolute atomic E-state index is 1.12. The highest BCUT2D eigenvalue weighted by atomic mass is 79.9. The molecule has 0 saturated heterocycles. The van der Waals surface area contributed by atoms with E-state index in [4.69, 9.17) is 0 Å². The van der Waals surface area contributed by atoms with Crippen LogP contribution in [0.2, 0.25) is 0 Å². The molecule has 9 heteroatoms. The van der Waals surface area contributed by atoms with Gasteiger partial charge in [0.25, 0.3) is 0 Å². The van der Waals surface area contributed by atoms with Crippen LogP contribution in [0.3, 0.4) is 0 Å². The Kier molecular flexibility index (Phi) is 3.11. The van der Waals surface area contributed by atoms with Gasteiger partial charge in [0.2, 0.25) is 0 Å². The maximum Gasteiger partial charge on any atom is 0.583 e. The lowest BCUT2D eigenvalue weighted by Crippen LogP contribution is -2.49. The summed E-state index contributed by atoms with van der Waals surface area (Å²) < 4.78 is 74.9. The summed E-state index contributed by atoms with van der Waals surface area (Å²) in [6.45, 7) is 0. The molecule has 12 heavy (non-hydrogen) atoms. The summed E-state index contributed by atoms with van der Waals surface area (Å²) in [5, 5.41) is -5.09. The van der Waals surface area contributed by atoms with E-state index in [-0.39, 0.29) is 0 Å². The lowest BCUT2D eigenvalue weighted by atomic mass is 10.4. The van der Waals surface area contributed by atoms with E-state index in [0.29, 0.717) is 0 Å². The maximum atomic E-state index is 12.2. The first kappa shape index (κ1) is 12.1. The van der Waals surface area contributed by atoms with E-state index < -0.39 is 27.7 Å². The number of halogens is 7. The summed E-state index contributed by atoms with van der Waals surface area (Å²) in [7, 11) is 0. The molecule has 1 nitrogen and oxygen atoms in total. The maximum absolute atomic E-state index is 12.2. The molecule has 0 heterocycles. The van der Waals surface area contributed by atoms with Crippen molar-refractivity contribution in [3.05, 3.63) is 0 Å². The summed E-state index contributed by atoms with van der Waals surface area (Å²) >= 11 is -0.643. The van der Waals surface area contributed by atoms with Crippen molar-refractivity contribution in [1.82, 2.24) is 0 Å². The quantitative estimate of drug-likeness (QED) is 0.431. The Balaban J connectivity index is 4.97. The summed E-state index contributed by atoms with van der Waals surface area (Å²) in [6, 6.07) is 0. The fourth-order valence-corrected chi connectivity index (χ4v) is 0.636. The second-order valence-electron chi connectivity index (χ2n) is 1.67. The van der Waals surface area contributed by atoms with Crippen LogP contribution >= 0.6 is 15.9 Å². The molecule has 1 atom stereocenters. The third-order valence-electron chi connectivity index (χ3n) is 0.826. The van der Waals surface area contributed by atoms with Crippen molar-refractivity contribution in [3.63, 3.8) is 0 Å². The second-order valence-corrected chi connectivity index (χ2v) is 3.44. The Morgan fingerprint density at radius 2 is 1.33 bits per heavy atom. The smallest absolute Gasteiger partial charge is 0.207 e. The van der Waals surface area contributed by atoms with E-state index in [1.165, 1.54) is 0 Å². The van der Waals surface area contributed by atoms with E-state index in [0.717, 1.165) is 15.9 Å². The average molecular weight is 278 g/mol. The van der Waals surface area contributed by atoms with Crippen molar-refractivity contribution in [2.24, 2.45) is 0 Å². The minimum atomic E-state index is -5.84. The molecule has 0 N–H and O–H groups in total. The van der Waals surface area contributed by atoms with Crippen LogP contribution in [-0.2, 0) is 15.9 Å². The van der Waals surface area contributed by atoms with Crippen LogP contribution in [0.5, 0.6) is 0 Å². The van der Waals surface area contributed by atoms with Gasteiger partial charge in [-0.1, -0.05) is 0 Å². The number of hydrogen-bond donors (Lipinski definition) is 0. The van der Waals surface area contributed by atoms with Gasteiger partial charge in [0.05, 0.1) is 0 Å². The molecule has 0 aromatic heterocycles. The molecule has 0 amide bonds. The van der Waals surface area contributed by atoms with Gasteiger partial charge in [0.1, 0.15) is 0 Å². The lowest BCUT2D eigenvalue weighted by Gasteiger charge is -2.18. The zero-order valence-corrected chi connectivity index (χ0v) is 7.36. The fraction of sp³-hybridized carbons (Fsp3) is 1.00. The fourth-order valence-electron chi connectivity index (χ4n) is 0.217. The Morgan fingerprint density at radius 1 is 1.00 bits per heavy atom. The summed E-state index contributed by atoms with van der Waals surface area (Å²) in [6.07, 6.45) is -5.84. The average Bonchev–Trinajstić information content (AvgIpc) is 1.85. The van der Waals surface area contributed by atoms with Gasteiger partial charge < -0.3 is 0 Å². The summed E-state index contributed by atoms with van der Waals surface area (Å²) in [4.78, 5) is 0. The lowest BCUT2D eigenvalue weighted by molar-refractivity contribution is -0.234. The molecule has 0 aromatic rings. The number of rotatable bonds is 2. The molecule has 0 spiro atoms. The van der Waals surface area contributed by atoms with Crippen LogP contribution in [0.4, 0.5) is 26.3 Å². The van der Waals surface area contributed by atoms with Crippen molar-refractivity contribution in [1.29, 1.82) is 0 Å². The second kappa shape index (κ2) is 3.09. The molecule has 0 saturated carbocycles. The van der Waals surface area contributed by atoms with Gasteiger partial charge in [-0.25, -0.2) is 4.39 Å². The largest absolute Gasteiger partial charge is 0.583 e. The van der Waals surface area contributed by atoms with E-state index in [1.807, 2.05) is 0 Å². The minimum Gasteiger partial charge on any atom is -0.207 e. The predicted molar refractivity (Wildman–Crippen MR) is 31.8 cm³/mol. The monoisotopic (exact) mass is 277 g/mol. The van der Waals surface area contributed by atoms with Gasteiger partial charge in [0, 0.05) is 4.21 Å². The van der Waals surface area contributed by atoms with E-state index in [2.05, 4.69) is 0 Å². The highest BCUT2D eigenvalue weighted by Gasteiger charge is 2.80. The van der Waals surface area contributed by atoms with E-state index >= 15 is 0 Å². The van der Waals surface area contributed by atoms with Crippen molar-refractivity contribution in [3.8, 4) is 0 Å². The molecule has 0 bridgehead atoms. The molecule has 72 valence electrons. The third-order valence-corrected chi connectivity index (χ3v) is 2.53. The first-order valence-corrected chi connectivity index (χ1v) is 3.73. The van der Waals surface area contributed by atoms with Gasteiger partial charge >= 0.3 is 27.7 Å². The Morgan fingerprint density at radius 3 is 1.42 bits per heavy atom. The van der Waals surface area contributed by atoms with Crippen molar-refractivity contribution in [2.75, 3.05) is 0 Å². The molecule has 0 aliphatic carbocycles. The van der Waals surface area contributed by atoms with Crippen molar-refractivity contribution < 1.29 is 30.6 Å². The van der Waals surface area contributed by atoms with Crippen LogP contribution in [0.1, 0.15) is 0 Å². The summed E-state index contributed by atoms with van der Waals surface area (Å²) in [5.41, 5.74) is 0. The van der Waals surface area contributed by atoms with E-state index in [9.17, 15) is 30.6 Å². The zero-order chi connectivity index (χ0) is 10.2. The van der Waals surface area contributed by atoms with Crippen molar-refractivity contribution >= 4 is 27.6 Å². The number of alkyl halides is 7. The van der Waals surface area contributed by atoms with Gasteiger partial charge in [-0.05, 0) is 15.9 Å².